The van der Waals surface area contributed by atoms with Crippen molar-refractivity contribution in [2.24, 2.45) is 0 Å². The molecule has 24 heavy (non-hydrogen) atoms. The Hall–Kier alpha value is -3.02. The second-order valence-electron chi connectivity index (χ2n) is 5.35. The lowest BCUT2D eigenvalue weighted by atomic mass is 10.1. The molecule has 0 aliphatic heterocycles. The van der Waals surface area contributed by atoms with E-state index in [-0.39, 0.29) is 5.91 Å². The van der Waals surface area contributed by atoms with Crippen LogP contribution in [0.5, 0.6) is 5.75 Å². The average molecular weight is 325 g/mol. The highest BCUT2D eigenvalue weighted by Gasteiger charge is 2.20. The second-order valence-corrected chi connectivity index (χ2v) is 5.35. The molecule has 0 fully saturated rings. The number of amides is 1. The Morgan fingerprint density at radius 1 is 1.25 bits per heavy atom. The molecule has 1 amide bonds. The molecule has 0 aliphatic carbocycles. The summed E-state index contributed by atoms with van der Waals surface area (Å²) in [5.74, 6) is 0.566. The number of rotatable bonds is 6. The van der Waals surface area contributed by atoms with Crippen LogP contribution in [0.4, 0.5) is 6.01 Å². The fraction of sp³-hybridized carbons (Fsp3) is 0.222. The molecule has 6 heteroatoms. The zero-order valence-corrected chi connectivity index (χ0v) is 13.6. The van der Waals surface area contributed by atoms with Crippen LogP contribution in [0.3, 0.4) is 0 Å². The third kappa shape index (κ3) is 3.48. The number of carbonyl (C=O) groups is 1. The molecule has 6 nitrogen and oxygen atoms in total. The maximum absolute atomic E-state index is 12.2. The first kappa shape index (κ1) is 15.9. The van der Waals surface area contributed by atoms with Crippen LogP contribution in [-0.4, -0.2) is 31.1 Å². The van der Waals surface area contributed by atoms with Gasteiger partial charge in [-0.15, -0.1) is 0 Å². The van der Waals surface area contributed by atoms with Gasteiger partial charge in [-0.3, -0.25) is 4.79 Å². The van der Waals surface area contributed by atoms with Gasteiger partial charge in [0.05, 0.1) is 7.11 Å². The largest absolute Gasteiger partial charge is 0.497 e. The van der Waals surface area contributed by atoms with Crippen LogP contribution in [-0.2, 0) is 11.2 Å². The van der Waals surface area contributed by atoms with Crippen molar-refractivity contribution in [1.82, 2.24) is 10.3 Å². The first-order valence-corrected chi connectivity index (χ1v) is 7.66. The Labute approximate surface area is 139 Å². The fourth-order valence-corrected chi connectivity index (χ4v) is 2.48. The van der Waals surface area contributed by atoms with Crippen molar-refractivity contribution >= 4 is 23.0 Å². The predicted molar refractivity (Wildman–Crippen MR) is 92.2 cm³/mol. The van der Waals surface area contributed by atoms with E-state index in [0.29, 0.717) is 29.3 Å². The van der Waals surface area contributed by atoms with Crippen LogP contribution in [0.15, 0.2) is 52.9 Å². The molecule has 0 unspecified atom stereocenters. The number of ether oxygens (including phenoxy) is 1. The van der Waals surface area contributed by atoms with Crippen molar-refractivity contribution in [2.45, 2.75) is 12.5 Å². The number of hydrogen-bond donors (Lipinski definition) is 2. The van der Waals surface area contributed by atoms with E-state index in [1.807, 2.05) is 42.5 Å². The Morgan fingerprint density at radius 3 is 2.75 bits per heavy atom. The fourth-order valence-electron chi connectivity index (χ4n) is 2.48. The van der Waals surface area contributed by atoms with E-state index in [0.717, 1.165) is 5.56 Å². The molecule has 1 heterocycles. The maximum atomic E-state index is 12.2. The van der Waals surface area contributed by atoms with E-state index < -0.39 is 6.04 Å². The Balaban J connectivity index is 1.82. The molecule has 124 valence electrons. The normalized spacial score (nSPS) is 11.9. The van der Waals surface area contributed by atoms with Crippen LogP contribution >= 0.6 is 0 Å². The van der Waals surface area contributed by atoms with Gasteiger partial charge >= 0.3 is 0 Å². The van der Waals surface area contributed by atoms with Crippen molar-refractivity contribution in [3.05, 3.63) is 54.1 Å². The molecule has 2 N–H and O–H groups in total. The molecule has 2 aromatic carbocycles. The van der Waals surface area contributed by atoms with Crippen molar-refractivity contribution < 1.29 is 13.9 Å². The van der Waals surface area contributed by atoms with Crippen LogP contribution in [0.2, 0.25) is 0 Å². The molecule has 0 saturated carbocycles. The monoisotopic (exact) mass is 325 g/mol. The SMILES string of the molecule is CNC(=O)[C@H](Cc1ccccc1)Nc1nc2ccc(OC)cc2o1. The van der Waals surface area contributed by atoms with Gasteiger partial charge in [-0.1, -0.05) is 30.3 Å². The number of nitrogens with one attached hydrogen (secondary N) is 2. The highest BCUT2D eigenvalue weighted by Crippen LogP contribution is 2.24. The maximum Gasteiger partial charge on any atom is 0.296 e. The molecule has 3 rings (SSSR count). The molecule has 0 radical (unpaired) electrons. The van der Waals surface area contributed by atoms with Gasteiger partial charge in [0.15, 0.2) is 5.58 Å². The number of nitrogens with zero attached hydrogens (tertiary/aromatic N) is 1. The summed E-state index contributed by atoms with van der Waals surface area (Å²) < 4.78 is 10.9. The Morgan fingerprint density at radius 2 is 2.04 bits per heavy atom. The molecule has 3 aromatic rings. The number of benzene rings is 2. The molecule has 0 spiro atoms. The smallest absolute Gasteiger partial charge is 0.296 e. The molecule has 1 atom stereocenters. The van der Waals surface area contributed by atoms with E-state index >= 15 is 0 Å². The van der Waals surface area contributed by atoms with Gasteiger partial charge in [0.1, 0.15) is 17.3 Å². The van der Waals surface area contributed by atoms with E-state index in [2.05, 4.69) is 15.6 Å². The third-order valence-electron chi connectivity index (χ3n) is 3.74. The van der Waals surface area contributed by atoms with Gasteiger partial charge in [0.25, 0.3) is 6.01 Å². The number of hydrogen-bond acceptors (Lipinski definition) is 5. The lowest BCUT2D eigenvalue weighted by Crippen LogP contribution is -2.39. The van der Waals surface area contributed by atoms with Crippen molar-refractivity contribution in [3.8, 4) is 5.75 Å². The zero-order valence-electron chi connectivity index (χ0n) is 13.6. The molecule has 0 bridgehead atoms. The molecule has 1 aromatic heterocycles. The molecule has 0 saturated heterocycles. The topological polar surface area (TPSA) is 76.4 Å². The summed E-state index contributed by atoms with van der Waals surface area (Å²) in [6, 6.07) is 15.0. The number of fused-ring (bicyclic) bond motifs is 1. The molecular weight excluding hydrogens is 306 g/mol. The summed E-state index contributed by atoms with van der Waals surface area (Å²) in [6.07, 6.45) is 0.530. The van der Waals surface area contributed by atoms with Gasteiger partial charge in [-0.2, -0.15) is 4.98 Å². The summed E-state index contributed by atoms with van der Waals surface area (Å²) in [5.41, 5.74) is 2.36. The standard InChI is InChI=1S/C18H19N3O3/c1-19-17(22)15(10-12-6-4-3-5-7-12)21-18-20-14-9-8-13(23-2)11-16(14)24-18/h3-9,11,15H,10H2,1-2H3,(H,19,22)(H,20,21)/t15-/m0/s1. The summed E-state index contributed by atoms with van der Waals surface area (Å²) in [7, 11) is 3.21. The number of methoxy groups -OCH3 is 1. The molecular formula is C18H19N3O3. The van der Waals surface area contributed by atoms with Crippen LogP contribution in [0, 0.1) is 0 Å². The van der Waals surface area contributed by atoms with Gasteiger partial charge in [0.2, 0.25) is 5.91 Å². The van der Waals surface area contributed by atoms with E-state index in [9.17, 15) is 4.79 Å². The summed E-state index contributed by atoms with van der Waals surface area (Å²) >= 11 is 0. The van der Waals surface area contributed by atoms with Crippen molar-refractivity contribution in [2.75, 3.05) is 19.5 Å². The van der Waals surface area contributed by atoms with E-state index in [1.54, 1.807) is 20.2 Å². The number of carbonyl (C=O) groups excluding carboxylic acids is 1. The lowest BCUT2D eigenvalue weighted by molar-refractivity contribution is -0.121. The Kier molecular flexibility index (Phi) is 4.65. The zero-order chi connectivity index (χ0) is 16.9. The highest BCUT2D eigenvalue weighted by atomic mass is 16.5. The number of likely N-dealkylation sites (N-methyl/N-ethyl adjacent to an activating group) is 1. The summed E-state index contributed by atoms with van der Waals surface area (Å²) in [4.78, 5) is 16.5. The van der Waals surface area contributed by atoms with Gasteiger partial charge < -0.3 is 19.8 Å². The average Bonchev–Trinajstić information content (AvgIpc) is 3.02. The van der Waals surface area contributed by atoms with Gasteiger partial charge in [-0.25, -0.2) is 0 Å². The van der Waals surface area contributed by atoms with Crippen molar-refractivity contribution in [3.63, 3.8) is 0 Å². The minimum Gasteiger partial charge on any atom is -0.497 e. The first-order valence-electron chi connectivity index (χ1n) is 7.66. The van der Waals surface area contributed by atoms with Crippen LogP contribution in [0.25, 0.3) is 11.1 Å². The van der Waals surface area contributed by atoms with Crippen LogP contribution in [0.1, 0.15) is 5.56 Å². The summed E-state index contributed by atoms with van der Waals surface area (Å²) in [5, 5.41) is 5.74. The van der Waals surface area contributed by atoms with Gasteiger partial charge in [-0.05, 0) is 17.7 Å². The quantitative estimate of drug-likeness (QED) is 0.728. The minimum absolute atomic E-state index is 0.126. The van der Waals surface area contributed by atoms with Gasteiger partial charge in [0, 0.05) is 19.5 Å². The first-order chi connectivity index (χ1) is 11.7. The molecule has 0 aliphatic rings. The lowest BCUT2D eigenvalue weighted by Gasteiger charge is -2.15. The third-order valence-corrected chi connectivity index (χ3v) is 3.74. The predicted octanol–water partition coefficient (Wildman–Crippen LogP) is 2.61. The van der Waals surface area contributed by atoms with E-state index in [4.69, 9.17) is 9.15 Å². The highest BCUT2D eigenvalue weighted by molar-refractivity contribution is 5.84. The number of oxazole rings is 1. The van der Waals surface area contributed by atoms with Crippen LogP contribution < -0.4 is 15.4 Å². The number of aromatic nitrogens is 1. The Bertz CT molecular complexity index is 830. The summed E-state index contributed by atoms with van der Waals surface area (Å²) in [6.45, 7) is 0. The van der Waals surface area contributed by atoms with E-state index in [1.165, 1.54) is 0 Å². The van der Waals surface area contributed by atoms with Crippen molar-refractivity contribution in [1.29, 1.82) is 0 Å². The number of anilines is 1. The minimum atomic E-state index is -0.479. The second kappa shape index (κ2) is 7.04.